The van der Waals surface area contributed by atoms with Crippen molar-refractivity contribution in [1.82, 2.24) is 17.9 Å². The zero-order valence-electron chi connectivity index (χ0n) is 52.0. The molecule has 0 aliphatic carbocycles. The molecule has 0 fully saturated rings. The van der Waals surface area contributed by atoms with Crippen LogP contribution in [-0.4, -0.2) is 150 Å². The topological polar surface area (TPSA) is 36.9 Å². The van der Waals surface area contributed by atoms with Crippen LogP contribution in [0.25, 0.3) is 0 Å². The zero-order chi connectivity index (χ0) is 54.6. The molecule has 0 aliphatic rings. The second-order valence-corrected chi connectivity index (χ2v) is 54.2. The number of nitrogens with zero attached hydrogens (tertiary/aromatic N) is 4. The molecular formula is C60H108I4N4O4Si5. The summed E-state index contributed by atoms with van der Waals surface area (Å²) < 4.78 is 29.8. The number of ether oxygens (including phenoxy) is 4. The van der Waals surface area contributed by atoms with Crippen molar-refractivity contribution >= 4 is 63.1 Å². The number of benzene rings is 4. The van der Waals surface area contributed by atoms with Gasteiger partial charge in [-0.1, -0.05) is 151 Å². The first-order chi connectivity index (χ1) is 33.6. The molecule has 440 valence electrons. The fraction of sp³-hybridized carbons (Fsp3) is 0.600. The summed E-state index contributed by atoms with van der Waals surface area (Å²) >= 11 is 0. The van der Waals surface area contributed by atoms with Gasteiger partial charge in [0.05, 0.1) is 150 Å². The van der Waals surface area contributed by atoms with E-state index in [0.717, 1.165) is 65.9 Å². The number of hydrogen-bond acceptors (Lipinski definition) is 4. The van der Waals surface area contributed by atoms with E-state index < -0.39 is 40.4 Å². The van der Waals surface area contributed by atoms with Crippen molar-refractivity contribution < 1.29 is 115 Å². The smallest absolute Gasteiger partial charge is 0.135 e. The minimum absolute atomic E-state index is 0. The monoisotopic (exact) mass is 1600 g/mol. The van der Waals surface area contributed by atoms with Crippen LogP contribution in [0.4, 0.5) is 22.7 Å². The highest BCUT2D eigenvalue weighted by atomic mass is 127. The predicted octanol–water partition coefficient (Wildman–Crippen LogP) is 3.10. The Kier molecular flexibility index (Phi) is 32.8. The lowest BCUT2D eigenvalue weighted by molar-refractivity contribution is -0.001000. The van der Waals surface area contributed by atoms with Crippen LogP contribution in [0.2, 0.25) is 101 Å². The molecular weight excluding hydrogens is 1490 g/mol. The van der Waals surface area contributed by atoms with Crippen molar-refractivity contribution in [1.29, 1.82) is 0 Å². The first kappa shape index (κ1) is 76.9. The number of halogens is 4. The molecule has 0 bridgehead atoms. The van der Waals surface area contributed by atoms with E-state index in [9.17, 15) is 0 Å². The van der Waals surface area contributed by atoms with Crippen molar-refractivity contribution in [2.75, 3.05) is 109 Å². The van der Waals surface area contributed by atoms with Crippen molar-refractivity contribution in [2.24, 2.45) is 0 Å². The zero-order valence-corrected chi connectivity index (χ0v) is 65.6. The second-order valence-electron chi connectivity index (χ2n) is 28.8. The van der Waals surface area contributed by atoms with Crippen LogP contribution in [-0.2, 0) is 0 Å². The number of hydrogen-bond donors (Lipinski definition) is 0. The van der Waals surface area contributed by atoms with E-state index in [1.807, 2.05) is 0 Å². The minimum atomic E-state index is -1.74. The second kappa shape index (κ2) is 32.8. The average Bonchev–Trinajstić information content (AvgIpc) is 3.28. The van der Waals surface area contributed by atoms with Crippen molar-refractivity contribution in [3.05, 3.63) is 97.1 Å². The van der Waals surface area contributed by atoms with Crippen LogP contribution in [0.5, 0.6) is 23.0 Å². The van der Waals surface area contributed by atoms with Gasteiger partial charge >= 0.3 is 0 Å². The standard InChI is InChI=1S/C60H108N4O4Si5.4HI/c1-61(2,3)53-29-21-33-57(45-53)65-49-69(13,14)37-25-41-73(42-26-38-70(15,16)50-66-58-34-22-30-54(46-58)62(4,5)6,43-27-39-71(17,18)51-67-59-35-23-31-55(47-59)63(7,8)9)44-28-40-72(19,20)52-68-60-36-24-32-56(48-60)64(10,11)12;;;;/h21-24,29-36,45-48H,25-28,37-44,49-52H2,1-20H3;4*1H/q+4;;;;/p-4. The Morgan fingerprint density at radius 1 is 0.286 bits per heavy atom. The van der Waals surface area contributed by atoms with E-state index in [1.54, 1.807) is 0 Å². The molecule has 0 spiro atoms. The van der Waals surface area contributed by atoms with E-state index in [0.29, 0.717) is 0 Å². The molecule has 4 aromatic rings. The van der Waals surface area contributed by atoms with Crippen LogP contribution in [0.3, 0.4) is 0 Å². The molecule has 0 saturated heterocycles. The maximum atomic E-state index is 6.67. The Bertz CT molecular complexity index is 2010. The Balaban J connectivity index is 0.0000144. The largest absolute Gasteiger partial charge is 1.00 e. The third-order valence-electron chi connectivity index (χ3n) is 15.1. The van der Waals surface area contributed by atoms with E-state index in [1.165, 1.54) is 96.8 Å². The molecule has 0 aromatic heterocycles. The highest BCUT2D eigenvalue weighted by molar-refractivity contribution is 6.82. The van der Waals surface area contributed by atoms with Gasteiger partial charge in [-0.15, -0.1) is 0 Å². The van der Waals surface area contributed by atoms with Gasteiger partial charge in [-0.05, 0) is 48.5 Å². The van der Waals surface area contributed by atoms with E-state index >= 15 is 0 Å². The highest BCUT2D eigenvalue weighted by Gasteiger charge is 2.36. The summed E-state index contributed by atoms with van der Waals surface area (Å²) in [6.45, 7) is 20.5. The van der Waals surface area contributed by atoms with Gasteiger partial charge in [0.2, 0.25) is 0 Å². The van der Waals surface area contributed by atoms with Crippen molar-refractivity contribution in [2.45, 2.75) is 126 Å². The fourth-order valence-electron chi connectivity index (χ4n) is 9.88. The summed E-state index contributed by atoms with van der Waals surface area (Å²) in [7, 11) is 18.4. The molecule has 8 nitrogen and oxygen atoms in total. The highest BCUT2D eigenvalue weighted by Crippen LogP contribution is 2.38. The first-order valence-electron chi connectivity index (χ1n) is 27.8. The molecule has 17 heteroatoms. The summed E-state index contributed by atoms with van der Waals surface area (Å²) in [4.78, 5) is 0. The van der Waals surface area contributed by atoms with Gasteiger partial charge in [0.25, 0.3) is 0 Å². The van der Waals surface area contributed by atoms with Crippen LogP contribution in [0.1, 0.15) is 25.7 Å². The van der Waals surface area contributed by atoms with Gasteiger partial charge in [0, 0.05) is 24.3 Å². The molecule has 0 amide bonds. The lowest BCUT2D eigenvalue weighted by Gasteiger charge is -2.36. The Morgan fingerprint density at radius 2 is 0.468 bits per heavy atom. The summed E-state index contributed by atoms with van der Waals surface area (Å²) in [5, 5.41) is 0. The van der Waals surface area contributed by atoms with Gasteiger partial charge in [-0.2, -0.15) is 0 Å². The molecule has 0 aliphatic heterocycles. The third-order valence-corrected chi connectivity index (χ3v) is 31.3. The summed E-state index contributed by atoms with van der Waals surface area (Å²) in [6, 6.07) is 46.1. The lowest BCUT2D eigenvalue weighted by Crippen LogP contribution is -3.00. The quantitative estimate of drug-likeness (QED) is 0.0429. The van der Waals surface area contributed by atoms with Crippen molar-refractivity contribution in [3.8, 4) is 23.0 Å². The SMILES string of the molecule is C[N+](C)(C)c1cccc(OC[Si](C)(C)CCC[Si](CCC[Si](C)(C)COc2cccc([N+](C)(C)C)c2)(CCC[Si](C)(C)COc2cccc([N+](C)(C)C)c2)CCC[Si](C)(C)COc2cccc([N+](C)(C)C)c2)c1.[I-].[I-].[I-].[I-]. The maximum Gasteiger partial charge on any atom is 0.135 e. The normalized spacial score (nSPS) is 12.8. The first-order valence-corrected chi connectivity index (χ1v) is 44.2. The Morgan fingerprint density at radius 3 is 0.636 bits per heavy atom. The summed E-state index contributed by atoms with van der Waals surface area (Å²) in [6.07, 6.45) is 8.81. The molecule has 0 radical (unpaired) electrons. The molecule has 0 atom stereocenters. The fourth-order valence-corrected chi connectivity index (χ4v) is 23.8. The van der Waals surface area contributed by atoms with Crippen LogP contribution in [0, 0.1) is 0 Å². The number of quaternary nitrogens is 4. The molecule has 4 rings (SSSR count). The lowest BCUT2D eigenvalue weighted by atomic mass is 10.2. The van der Waals surface area contributed by atoms with Crippen LogP contribution >= 0.6 is 0 Å². The van der Waals surface area contributed by atoms with Crippen LogP contribution < -0.4 is 133 Å². The summed E-state index contributed by atoms with van der Waals surface area (Å²) in [5.74, 6) is 4.06. The molecule has 77 heavy (non-hydrogen) atoms. The number of rotatable bonds is 32. The van der Waals surface area contributed by atoms with Gasteiger partial charge in [0.15, 0.2) is 0 Å². The van der Waals surface area contributed by atoms with E-state index in [-0.39, 0.29) is 95.9 Å². The van der Waals surface area contributed by atoms with Gasteiger partial charge in [0.1, 0.15) is 45.7 Å². The predicted molar refractivity (Wildman–Crippen MR) is 339 cm³/mol. The molecule has 0 saturated carbocycles. The van der Waals surface area contributed by atoms with Gasteiger partial charge in [-0.25, -0.2) is 0 Å². The molecule has 0 unspecified atom stereocenters. The van der Waals surface area contributed by atoms with E-state index in [2.05, 4.69) is 234 Å². The minimum Gasteiger partial charge on any atom is -1.00 e. The van der Waals surface area contributed by atoms with Gasteiger partial charge < -0.3 is 115 Å². The third kappa shape index (κ3) is 28.8. The molecule has 0 heterocycles. The molecule has 4 aromatic carbocycles. The average molecular weight is 1600 g/mol. The summed E-state index contributed by atoms with van der Waals surface area (Å²) in [5.41, 5.74) is 5.11. The Labute approximate surface area is 546 Å². The Hall–Kier alpha value is -0.0756. The van der Waals surface area contributed by atoms with Crippen LogP contribution in [0.15, 0.2) is 97.1 Å². The van der Waals surface area contributed by atoms with Crippen molar-refractivity contribution in [3.63, 3.8) is 0 Å². The maximum absolute atomic E-state index is 6.67. The molecule has 0 N–H and O–H groups in total. The van der Waals surface area contributed by atoms with Gasteiger partial charge in [-0.3, -0.25) is 17.9 Å². The van der Waals surface area contributed by atoms with E-state index in [4.69, 9.17) is 18.9 Å².